The van der Waals surface area contributed by atoms with Crippen LogP contribution in [0.15, 0.2) is 0 Å². The maximum absolute atomic E-state index is 11.4. The molecule has 0 aromatic carbocycles. The summed E-state index contributed by atoms with van der Waals surface area (Å²) in [5, 5.41) is 3.34. The van der Waals surface area contributed by atoms with E-state index in [1.165, 1.54) is 6.42 Å². The lowest BCUT2D eigenvalue weighted by molar-refractivity contribution is -0.148. The number of ether oxygens (including phenoxy) is 1. The molecule has 3 heteroatoms. The maximum atomic E-state index is 11.4. The van der Waals surface area contributed by atoms with Crippen molar-refractivity contribution in [2.75, 3.05) is 13.2 Å². The van der Waals surface area contributed by atoms with Crippen molar-refractivity contribution in [2.45, 2.75) is 25.8 Å². The van der Waals surface area contributed by atoms with Gasteiger partial charge < -0.3 is 10.1 Å². The van der Waals surface area contributed by atoms with Gasteiger partial charge in [0.25, 0.3) is 0 Å². The number of fused-ring (bicyclic) bond motifs is 2. The molecule has 3 nitrogen and oxygen atoms in total. The lowest BCUT2D eigenvalue weighted by Gasteiger charge is -2.12. The van der Waals surface area contributed by atoms with Gasteiger partial charge in [0.05, 0.1) is 12.5 Å². The highest BCUT2D eigenvalue weighted by atomic mass is 16.5. The van der Waals surface area contributed by atoms with Gasteiger partial charge in [0.2, 0.25) is 0 Å². The van der Waals surface area contributed by atoms with Gasteiger partial charge in [0.1, 0.15) is 0 Å². The quantitative estimate of drug-likeness (QED) is 0.613. The van der Waals surface area contributed by atoms with Crippen molar-refractivity contribution in [3.05, 3.63) is 0 Å². The van der Waals surface area contributed by atoms with E-state index in [4.69, 9.17) is 4.74 Å². The van der Waals surface area contributed by atoms with Gasteiger partial charge in [0, 0.05) is 6.04 Å². The van der Waals surface area contributed by atoms with Crippen molar-refractivity contribution in [1.82, 2.24) is 5.32 Å². The molecule has 2 rings (SSSR count). The number of nitrogens with one attached hydrogen (secondary N) is 1. The van der Waals surface area contributed by atoms with Crippen LogP contribution in [-0.2, 0) is 9.53 Å². The predicted octanol–water partition coefficient (Wildman–Crippen LogP) is 0.547. The zero-order valence-corrected chi connectivity index (χ0v) is 7.38. The average molecular weight is 169 g/mol. The van der Waals surface area contributed by atoms with E-state index in [1.54, 1.807) is 0 Å². The first kappa shape index (κ1) is 8.05. The largest absolute Gasteiger partial charge is 0.466 e. The second kappa shape index (κ2) is 3.05. The van der Waals surface area contributed by atoms with Gasteiger partial charge in [0.15, 0.2) is 0 Å². The molecule has 2 aliphatic rings. The zero-order chi connectivity index (χ0) is 8.55. The Balaban J connectivity index is 2.00. The van der Waals surface area contributed by atoms with Gasteiger partial charge in [-0.05, 0) is 32.2 Å². The highest BCUT2D eigenvalue weighted by Gasteiger charge is 2.46. The first-order valence-corrected chi connectivity index (χ1v) is 4.73. The van der Waals surface area contributed by atoms with Gasteiger partial charge in [-0.15, -0.1) is 0 Å². The minimum absolute atomic E-state index is 0.00926. The predicted molar refractivity (Wildman–Crippen MR) is 44.6 cm³/mol. The molecule has 2 bridgehead atoms. The van der Waals surface area contributed by atoms with Crippen LogP contribution in [0, 0.1) is 11.8 Å². The molecule has 0 spiro atoms. The zero-order valence-electron chi connectivity index (χ0n) is 7.38. The van der Waals surface area contributed by atoms with Crippen LogP contribution in [0.25, 0.3) is 0 Å². The third-order valence-corrected chi connectivity index (χ3v) is 2.99. The first-order valence-electron chi connectivity index (χ1n) is 4.73. The van der Waals surface area contributed by atoms with Crippen LogP contribution in [-0.4, -0.2) is 25.2 Å². The van der Waals surface area contributed by atoms with E-state index in [9.17, 15) is 4.79 Å². The number of piperidine rings is 1. The van der Waals surface area contributed by atoms with E-state index in [1.807, 2.05) is 6.92 Å². The molecule has 12 heavy (non-hydrogen) atoms. The highest BCUT2D eigenvalue weighted by Crippen LogP contribution is 2.37. The van der Waals surface area contributed by atoms with Gasteiger partial charge in [-0.2, -0.15) is 0 Å². The van der Waals surface area contributed by atoms with E-state index in [0.29, 0.717) is 18.6 Å². The molecule has 1 heterocycles. The summed E-state index contributed by atoms with van der Waals surface area (Å²) in [6.45, 7) is 3.38. The monoisotopic (exact) mass is 169 g/mol. The Morgan fingerprint density at radius 2 is 2.42 bits per heavy atom. The minimum Gasteiger partial charge on any atom is -0.466 e. The van der Waals surface area contributed by atoms with Crippen molar-refractivity contribution < 1.29 is 9.53 Å². The summed E-state index contributed by atoms with van der Waals surface area (Å²) in [6.07, 6.45) is 2.34. The summed E-state index contributed by atoms with van der Waals surface area (Å²) < 4.78 is 5.03. The van der Waals surface area contributed by atoms with Crippen LogP contribution >= 0.6 is 0 Å². The lowest BCUT2D eigenvalue weighted by Crippen LogP contribution is -2.30. The Morgan fingerprint density at radius 3 is 2.83 bits per heavy atom. The van der Waals surface area contributed by atoms with E-state index in [2.05, 4.69) is 5.32 Å². The van der Waals surface area contributed by atoms with Crippen molar-refractivity contribution in [1.29, 1.82) is 0 Å². The number of hydrogen-bond acceptors (Lipinski definition) is 3. The minimum atomic E-state index is 0.00926. The molecule has 1 aliphatic heterocycles. The Kier molecular flexibility index (Phi) is 2.05. The topological polar surface area (TPSA) is 38.3 Å². The first-order chi connectivity index (χ1) is 5.83. The van der Waals surface area contributed by atoms with Crippen LogP contribution in [0.4, 0.5) is 0 Å². The van der Waals surface area contributed by atoms with Gasteiger partial charge in [-0.1, -0.05) is 0 Å². The summed E-state index contributed by atoms with van der Waals surface area (Å²) >= 11 is 0. The summed E-state index contributed by atoms with van der Waals surface area (Å²) in [6, 6.07) is 0.411. The van der Waals surface area contributed by atoms with E-state index < -0.39 is 0 Å². The van der Waals surface area contributed by atoms with Gasteiger partial charge in [-0.3, -0.25) is 4.79 Å². The van der Waals surface area contributed by atoms with Crippen LogP contribution in [0.2, 0.25) is 0 Å². The molecule has 3 atom stereocenters. The van der Waals surface area contributed by atoms with Crippen molar-refractivity contribution >= 4 is 5.97 Å². The molecule has 68 valence electrons. The molecule has 1 saturated heterocycles. The summed E-state index contributed by atoms with van der Waals surface area (Å²) in [5.41, 5.74) is 0. The second-order valence-electron chi connectivity index (χ2n) is 3.63. The third kappa shape index (κ3) is 1.12. The Morgan fingerprint density at radius 1 is 1.58 bits per heavy atom. The average Bonchev–Trinajstić information content (AvgIpc) is 2.62. The van der Waals surface area contributed by atoms with Gasteiger partial charge >= 0.3 is 5.97 Å². The van der Waals surface area contributed by atoms with Crippen molar-refractivity contribution in [3.8, 4) is 0 Å². The molecule has 0 aromatic rings. The van der Waals surface area contributed by atoms with Crippen molar-refractivity contribution in [3.63, 3.8) is 0 Å². The van der Waals surface area contributed by atoms with Crippen LogP contribution < -0.4 is 5.32 Å². The van der Waals surface area contributed by atoms with E-state index in [-0.39, 0.29) is 11.9 Å². The fraction of sp³-hybridized carbons (Fsp3) is 0.889. The molecule has 0 aromatic heterocycles. The molecule has 0 radical (unpaired) electrons. The Bertz CT molecular complexity index is 173. The van der Waals surface area contributed by atoms with E-state index in [0.717, 1.165) is 13.0 Å². The third-order valence-electron chi connectivity index (χ3n) is 2.99. The molecule has 1 aliphatic carbocycles. The Labute approximate surface area is 72.5 Å². The summed E-state index contributed by atoms with van der Waals surface area (Å²) in [5.74, 6) is 0.717. The van der Waals surface area contributed by atoms with Gasteiger partial charge in [-0.25, -0.2) is 0 Å². The SMILES string of the molecule is CCOC(=O)[C@@H]1[C@@H]2CC[C@H]1NC2. The maximum Gasteiger partial charge on any atom is 0.310 e. The summed E-state index contributed by atoms with van der Waals surface area (Å²) in [7, 11) is 0. The van der Waals surface area contributed by atoms with Crippen molar-refractivity contribution in [2.24, 2.45) is 11.8 Å². The number of carbonyl (C=O) groups is 1. The fourth-order valence-corrected chi connectivity index (χ4v) is 2.44. The molecule has 0 amide bonds. The number of hydrogen-bond donors (Lipinski definition) is 1. The second-order valence-corrected chi connectivity index (χ2v) is 3.63. The van der Waals surface area contributed by atoms with E-state index >= 15 is 0 Å². The van der Waals surface area contributed by atoms with Crippen LogP contribution in [0.3, 0.4) is 0 Å². The van der Waals surface area contributed by atoms with Crippen LogP contribution in [0.1, 0.15) is 19.8 Å². The highest BCUT2D eigenvalue weighted by molar-refractivity contribution is 5.74. The lowest BCUT2D eigenvalue weighted by atomic mass is 9.99. The molecule has 2 fully saturated rings. The molecule has 0 unspecified atom stereocenters. The smallest absolute Gasteiger partial charge is 0.310 e. The standard InChI is InChI=1S/C9H15NO2/c1-2-12-9(11)8-6-3-4-7(8)10-5-6/h6-8,10H,2-5H2,1H3/t6-,7-,8-/m1/s1. The Hall–Kier alpha value is -0.570. The molecular weight excluding hydrogens is 154 g/mol. The fourth-order valence-electron chi connectivity index (χ4n) is 2.44. The molecule has 1 saturated carbocycles. The summed E-state index contributed by atoms with van der Waals surface area (Å²) in [4.78, 5) is 11.4. The number of esters is 1. The van der Waals surface area contributed by atoms with Crippen LogP contribution in [0.5, 0.6) is 0 Å². The number of carbonyl (C=O) groups excluding carboxylic acids is 1. The number of rotatable bonds is 2. The molecular formula is C9H15NO2. The normalized spacial score (nSPS) is 38.6. The molecule has 1 N–H and O–H groups in total.